The van der Waals surface area contributed by atoms with E-state index in [0.717, 1.165) is 11.1 Å². The monoisotopic (exact) mass is 271 g/mol. The number of methoxy groups -OCH3 is 1. The summed E-state index contributed by atoms with van der Waals surface area (Å²) in [6, 6.07) is 0.516. The molecule has 68 valence electrons. The summed E-state index contributed by atoms with van der Waals surface area (Å²) >= 11 is 2.38. The molecule has 0 aromatic carbocycles. The van der Waals surface area contributed by atoms with E-state index in [1.807, 2.05) is 0 Å². The minimum atomic E-state index is 0.324. The molecule has 0 fully saturated rings. The molecule has 0 aromatic rings. The second kappa shape index (κ2) is 6.20. The standard InChI is InChI=1S/C8H18INO/c1-5-10(6-9)7(2)8(3)11-4/h7-8H,5-6H2,1-4H3/t7-,8-/m1/s1. The fourth-order valence-corrected chi connectivity index (χ4v) is 2.08. The first kappa shape index (κ1) is 11.6. The molecule has 0 unspecified atom stereocenters. The van der Waals surface area contributed by atoms with E-state index in [1.165, 1.54) is 0 Å². The van der Waals surface area contributed by atoms with Gasteiger partial charge in [-0.25, -0.2) is 0 Å². The van der Waals surface area contributed by atoms with Crippen molar-refractivity contribution in [1.82, 2.24) is 4.90 Å². The predicted octanol–water partition coefficient (Wildman–Crippen LogP) is 2.12. The predicted molar refractivity (Wildman–Crippen MR) is 57.2 cm³/mol. The number of nitrogens with zero attached hydrogens (tertiary/aromatic N) is 1. The van der Waals surface area contributed by atoms with Gasteiger partial charge in [0.15, 0.2) is 0 Å². The Hall–Kier alpha value is 0.650. The highest BCUT2D eigenvalue weighted by molar-refractivity contribution is 14.1. The highest BCUT2D eigenvalue weighted by Gasteiger charge is 2.16. The lowest BCUT2D eigenvalue weighted by Gasteiger charge is -2.29. The Morgan fingerprint density at radius 1 is 1.45 bits per heavy atom. The summed E-state index contributed by atoms with van der Waals surface area (Å²) in [5.74, 6) is 0. The van der Waals surface area contributed by atoms with Crippen molar-refractivity contribution < 1.29 is 4.74 Å². The topological polar surface area (TPSA) is 12.5 Å². The van der Waals surface area contributed by atoms with E-state index < -0.39 is 0 Å². The molecule has 0 radical (unpaired) electrons. The molecule has 2 atom stereocenters. The first-order valence-corrected chi connectivity index (χ1v) is 5.52. The van der Waals surface area contributed by atoms with Crippen LogP contribution in [0.1, 0.15) is 20.8 Å². The number of rotatable bonds is 5. The maximum Gasteiger partial charge on any atom is 0.0695 e. The molecule has 0 aliphatic carbocycles. The highest BCUT2D eigenvalue weighted by atomic mass is 127. The summed E-state index contributed by atoms with van der Waals surface area (Å²) < 4.78 is 6.32. The molecule has 0 aliphatic rings. The van der Waals surface area contributed by atoms with Gasteiger partial charge in [-0.1, -0.05) is 29.5 Å². The molecule has 0 amide bonds. The Morgan fingerprint density at radius 2 is 2.00 bits per heavy atom. The number of likely N-dealkylation sites (N-methyl/N-ethyl adjacent to an activating group) is 1. The van der Waals surface area contributed by atoms with Crippen LogP contribution in [0.15, 0.2) is 0 Å². The lowest BCUT2D eigenvalue weighted by Crippen LogP contribution is -2.40. The van der Waals surface area contributed by atoms with E-state index in [9.17, 15) is 0 Å². The van der Waals surface area contributed by atoms with E-state index in [4.69, 9.17) is 4.74 Å². The Morgan fingerprint density at radius 3 is 2.27 bits per heavy atom. The summed E-state index contributed by atoms with van der Waals surface area (Å²) in [5.41, 5.74) is 0. The van der Waals surface area contributed by atoms with Crippen molar-refractivity contribution in [3.8, 4) is 0 Å². The maximum absolute atomic E-state index is 5.25. The van der Waals surface area contributed by atoms with Crippen LogP contribution in [0.2, 0.25) is 0 Å². The Balaban J connectivity index is 3.86. The summed E-state index contributed by atoms with van der Waals surface area (Å²) in [6.45, 7) is 7.59. The van der Waals surface area contributed by atoms with E-state index in [1.54, 1.807) is 7.11 Å². The van der Waals surface area contributed by atoms with Gasteiger partial charge in [0, 0.05) is 13.2 Å². The average molecular weight is 271 g/mol. The molecule has 0 aromatic heterocycles. The third kappa shape index (κ3) is 3.71. The van der Waals surface area contributed by atoms with Crippen LogP contribution in [0.25, 0.3) is 0 Å². The molecule has 0 heterocycles. The van der Waals surface area contributed by atoms with Crippen molar-refractivity contribution in [2.45, 2.75) is 32.9 Å². The van der Waals surface area contributed by atoms with Gasteiger partial charge in [-0.2, -0.15) is 0 Å². The SMILES string of the molecule is CCN(CI)[C@H](C)[C@@H](C)OC. The maximum atomic E-state index is 5.25. The van der Waals surface area contributed by atoms with Gasteiger partial charge < -0.3 is 4.74 Å². The Kier molecular flexibility index (Phi) is 6.56. The molecule has 0 rings (SSSR count). The fourth-order valence-electron chi connectivity index (χ4n) is 0.975. The summed E-state index contributed by atoms with van der Waals surface area (Å²) in [4.78, 5) is 2.38. The third-order valence-electron chi connectivity index (χ3n) is 2.19. The number of hydrogen-bond donors (Lipinski definition) is 0. The van der Waals surface area contributed by atoms with Gasteiger partial charge in [-0.15, -0.1) is 0 Å². The van der Waals surface area contributed by atoms with E-state index >= 15 is 0 Å². The van der Waals surface area contributed by atoms with Crippen molar-refractivity contribution >= 4 is 22.6 Å². The zero-order valence-corrected chi connectivity index (χ0v) is 9.96. The van der Waals surface area contributed by atoms with Gasteiger partial charge in [0.25, 0.3) is 0 Å². The summed E-state index contributed by atoms with van der Waals surface area (Å²) in [6.07, 6.45) is 0.324. The van der Waals surface area contributed by atoms with Crippen LogP contribution in [-0.4, -0.2) is 35.3 Å². The minimum Gasteiger partial charge on any atom is -0.380 e. The lowest BCUT2D eigenvalue weighted by molar-refractivity contribution is 0.0448. The fraction of sp³-hybridized carbons (Fsp3) is 1.00. The van der Waals surface area contributed by atoms with Crippen molar-refractivity contribution in [3.05, 3.63) is 0 Å². The van der Waals surface area contributed by atoms with Gasteiger partial charge in [0.2, 0.25) is 0 Å². The molecule has 11 heavy (non-hydrogen) atoms. The van der Waals surface area contributed by atoms with Crippen molar-refractivity contribution in [3.63, 3.8) is 0 Å². The Bertz CT molecular complexity index is 96.1. The third-order valence-corrected chi connectivity index (χ3v) is 3.06. The Labute approximate surface area is 83.4 Å². The van der Waals surface area contributed by atoms with Crippen LogP contribution in [0, 0.1) is 0 Å². The van der Waals surface area contributed by atoms with Gasteiger partial charge in [-0.05, 0) is 20.4 Å². The molecule has 0 N–H and O–H groups in total. The lowest BCUT2D eigenvalue weighted by atomic mass is 10.2. The van der Waals surface area contributed by atoms with Gasteiger partial charge >= 0.3 is 0 Å². The molecule has 0 aliphatic heterocycles. The van der Waals surface area contributed by atoms with E-state index in [0.29, 0.717) is 12.1 Å². The van der Waals surface area contributed by atoms with Crippen LogP contribution in [0.3, 0.4) is 0 Å². The quantitative estimate of drug-likeness (QED) is 0.431. The number of halogens is 1. The number of alkyl halides is 1. The molecule has 0 saturated heterocycles. The minimum absolute atomic E-state index is 0.324. The van der Waals surface area contributed by atoms with Gasteiger partial charge in [0.05, 0.1) is 10.7 Å². The molecule has 0 bridgehead atoms. The van der Waals surface area contributed by atoms with Crippen LogP contribution >= 0.6 is 22.6 Å². The average Bonchev–Trinajstić information content (AvgIpc) is 2.05. The van der Waals surface area contributed by atoms with E-state index in [2.05, 4.69) is 48.3 Å². The molecular formula is C8H18INO. The zero-order chi connectivity index (χ0) is 8.85. The second-order valence-corrected chi connectivity index (χ2v) is 3.39. The van der Waals surface area contributed by atoms with Gasteiger partial charge in [0.1, 0.15) is 0 Å². The van der Waals surface area contributed by atoms with Crippen LogP contribution < -0.4 is 0 Å². The highest BCUT2D eigenvalue weighted by Crippen LogP contribution is 2.08. The second-order valence-electron chi connectivity index (χ2n) is 2.71. The smallest absolute Gasteiger partial charge is 0.0695 e. The van der Waals surface area contributed by atoms with Crippen LogP contribution in [-0.2, 0) is 4.74 Å². The summed E-state index contributed by atoms with van der Waals surface area (Å²) in [5, 5.41) is 0. The molecule has 3 heteroatoms. The molecule has 2 nitrogen and oxygen atoms in total. The summed E-state index contributed by atoms with van der Waals surface area (Å²) in [7, 11) is 1.77. The number of hydrogen-bond acceptors (Lipinski definition) is 2. The van der Waals surface area contributed by atoms with E-state index in [-0.39, 0.29) is 0 Å². The van der Waals surface area contributed by atoms with Crippen molar-refractivity contribution in [2.24, 2.45) is 0 Å². The first-order chi connectivity index (χ1) is 5.17. The van der Waals surface area contributed by atoms with Gasteiger partial charge in [-0.3, -0.25) is 4.90 Å². The largest absolute Gasteiger partial charge is 0.380 e. The normalized spacial score (nSPS) is 16.9. The van der Waals surface area contributed by atoms with Crippen LogP contribution in [0.4, 0.5) is 0 Å². The zero-order valence-electron chi connectivity index (χ0n) is 7.80. The number of ether oxygens (including phenoxy) is 1. The molecular weight excluding hydrogens is 253 g/mol. The molecule has 0 saturated carbocycles. The van der Waals surface area contributed by atoms with Crippen molar-refractivity contribution in [1.29, 1.82) is 0 Å². The molecule has 0 spiro atoms. The van der Waals surface area contributed by atoms with Crippen LogP contribution in [0.5, 0.6) is 0 Å². The van der Waals surface area contributed by atoms with Crippen molar-refractivity contribution in [2.75, 3.05) is 18.2 Å². The first-order valence-electron chi connectivity index (χ1n) is 4.00.